The van der Waals surface area contributed by atoms with Crippen LogP contribution in [0.15, 0.2) is 18.3 Å². The van der Waals surface area contributed by atoms with Gasteiger partial charge in [0, 0.05) is 19.3 Å². The lowest BCUT2D eigenvalue weighted by molar-refractivity contribution is -0.129. The first kappa shape index (κ1) is 14.4. The predicted molar refractivity (Wildman–Crippen MR) is 71.8 cm³/mol. The van der Waals surface area contributed by atoms with Gasteiger partial charge in [-0.1, -0.05) is 6.07 Å². The summed E-state index contributed by atoms with van der Waals surface area (Å²) in [6.07, 6.45) is 1.37. The molecule has 1 aliphatic heterocycles. The number of hydrogen-bond donors (Lipinski definition) is 3. The fraction of sp³-hybridized carbons (Fsp3) is 0.462. The highest BCUT2D eigenvalue weighted by molar-refractivity contribution is 5.90. The number of hydrogen-bond acceptors (Lipinski definition) is 5. The van der Waals surface area contributed by atoms with E-state index in [9.17, 15) is 9.59 Å². The second kappa shape index (κ2) is 6.44. The number of pyridine rings is 1. The zero-order chi connectivity index (χ0) is 14.5. The number of nitrogens with two attached hydrogens (primary N) is 1. The zero-order valence-corrected chi connectivity index (χ0v) is 11.3. The molecule has 108 valence electrons. The van der Waals surface area contributed by atoms with Crippen molar-refractivity contribution in [2.45, 2.75) is 25.6 Å². The van der Waals surface area contributed by atoms with Crippen LogP contribution in [-0.4, -0.2) is 42.1 Å². The monoisotopic (exact) mass is 278 g/mol. The molecule has 1 aromatic heterocycles. The maximum absolute atomic E-state index is 12.0. The largest absolute Gasteiger partial charge is 0.375 e. The number of carbonyl (C=O) groups excluding carboxylic acids is 2. The van der Waals surface area contributed by atoms with E-state index < -0.39 is 5.91 Å². The van der Waals surface area contributed by atoms with Crippen LogP contribution >= 0.6 is 0 Å². The number of aromatic nitrogens is 1. The fourth-order valence-corrected chi connectivity index (χ4v) is 2.00. The van der Waals surface area contributed by atoms with Crippen LogP contribution in [0.25, 0.3) is 0 Å². The van der Waals surface area contributed by atoms with Gasteiger partial charge in [0.2, 0.25) is 5.91 Å². The number of morpholine rings is 1. The number of carbonyl (C=O) groups is 2. The van der Waals surface area contributed by atoms with Gasteiger partial charge < -0.3 is 21.1 Å². The average molecular weight is 278 g/mol. The van der Waals surface area contributed by atoms with E-state index in [0.29, 0.717) is 19.7 Å². The van der Waals surface area contributed by atoms with Crippen molar-refractivity contribution in [1.82, 2.24) is 15.6 Å². The SMILES string of the molecule is C[C@H]1OCCN[C@@H]1C(=O)NCc1ccc(C(N)=O)nc1. The van der Waals surface area contributed by atoms with E-state index in [-0.39, 0.29) is 23.7 Å². The minimum atomic E-state index is -0.571. The quantitative estimate of drug-likeness (QED) is 0.667. The summed E-state index contributed by atoms with van der Waals surface area (Å²) < 4.78 is 5.42. The van der Waals surface area contributed by atoms with Crippen molar-refractivity contribution >= 4 is 11.8 Å². The minimum Gasteiger partial charge on any atom is -0.375 e. The van der Waals surface area contributed by atoms with Gasteiger partial charge in [-0.2, -0.15) is 0 Å². The number of ether oxygens (including phenoxy) is 1. The summed E-state index contributed by atoms with van der Waals surface area (Å²) in [5.74, 6) is -0.686. The molecule has 0 bridgehead atoms. The minimum absolute atomic E-state index is 0.115. The Balaban J connectivity index is 1.88. The first-order chi connectivity index (χ1) is 9.58. The van der Waals surface area contributed by atoms with Crippen LogP contribution in [0.4, 0.5) is 0 Å². The summed E-state index contributed by atoms with van der Waals surface area (Å²) in [5.41, 5.74) is 6.11. The maximum atomic E-state index is 12.0. The molecule has 1 fully saturated rings. The van der Waals surface area contributed by atoms with Crippen LogP contribution in [-0.2, 0) is 16.1 Å². The van der Waals surface area contributed by atoms with Crippen LogP contribution in [0.5, 0.6) is 0 Å². The summed E-state index contributed by atoms with van der Waals surface area (Å²) in [5, 5.41) is 5.93. The number of nitrogens with zero attached hydrogens (tertiary/aromatic N) is 1. The van der Waals surface area contributed by atoms with Gasteiger partial charge in [0.1, 0.15) is 11.7 Å². The van der Waals surface area contributed by atoms with Crippen LogP contribution in [0.2, 0.25) is 0 Å². The Labute approximate surface area is 116 Å². The summed E-state index contributed by atoms with van der Waals surface area (Å²) in [7, 11) is 0. The maximum Gasteiger partial charge on any atom is 0.267 e. The van der Waals surface area contributed by atoms with Crippen molar-refractivity contribution in [3.8, 4) is 0 Å². The van der Waals surface area contributed by atoms with Gasteiger partial charge in [0.05, 0.1) is 12.7 Å². The highest BCUT2D eigenvalue weighted by Gasteiger charge is 2.27. The number of amides is 2. The molecule has 7 nitrogen and oxygen atoms in total. The smallest absolute Gasteiger partial charge is 0.267 e. The standard InChI is InChI=1S/C13H18N4O3/c1-8-11(15-4-5-20-8)13(19)17-7-9-2-3-10(12(14)18)16-6-9/h2-3,6,8,11,15H,4-5,7H2,1H3,(H2,14,18)(H,17,19)/t8-,11+/m1/s1. The lowest BCUT2D eigenvalue weighted by Gasteiger charge is -2.29. The Morgan fingerprint density at radius 1 is 1.55 bits per heavy atom. The average Bonchev–Trinajstić information content (AvgIpc) is 2.45. The Kier molecular flexibility index (Phi) is 4.65. The molecule has 2 rings (SSSR count). The van der Waals surface area contributed by atoms with Crippen molar-refractivity contribution in [2.75, 3.05) is 13.2 Å². The molecule has 1 saturated heterocycles. The highest BCUT2D eigenvalue weighted by Crippen LogP contribution is 2.05. The van der Waals surface area contributed by atoms with E-state index in [2.05, 4.69) is 15.6 Å². The molecule has 0 aliphatic carbocycles. The van der Waals surface area contributed by atoms with Gasteiger partial charge in [0.15, 0.2) is 0 Å². The molecule has 1 aromatic rings. The third-order valence-electron chi connectivity index (χ3n) is 3.14. The van der Waals surface area contributed by atoms with E-state index in [0.717, 1.165) is 5.56 Å². The van der Waals surface area contributed by atoms with Crippen molar-refractivity contribution in [1.29, 1.82) is 0 Å². The number of rotatable bonds is 4. The molecule has 0 aromatic carbocycles. The molecule has 0 spiro atoms. The number of primary amides is 1. The highest BCUT2D eigenvalue weighted by atomic mass is 16.5. The molecule has 2 amide bonds. The molecule has 4 N–H and O–H groups in total. The van der Waals surface area contributed by atoms with Crippen LogP contribution in [0, 0.1) is 0 Å². The molecular formula is C13H18N4O3. The Morgan fingerprint density at radius 3 is 2.95 bits per heavy atom. The lowest BCUT2D eigenvalue weighted by Crippen LogP contribution is -2.55. The van der Waals surface area contributed by atoms with Gasteiger partial charge in [-0.3, -0.25) is 14.6 Å². The number of nitrogens with one attached hydrogen (secondary N) is 2. The van der Waals surface area contributed by atoms with Crippen molar-refractivity contribution < 1.29 is 14.3 Å². The second-order valence-corrected chi connectivity index (χ2v) is 4.64. The molecule has 0 radical (unpaired) electrons. The van der Waals surface area contributed by atoms with Crippen LogP contribution in [0.1, 0.15) is 23.0 Å². The normalized spacial score (nSPS) is 22.2. The van der Waals surface area contributed by atoms with Crippen LogP contribution in [0.3, 0.4) is 0 Å². The Hall–Kier alpha value is -1.99. The third-order valence-corrected chi connectivity index (χ3v) is 3.14. The van der Waals surface area contributed by atoms with Gasteiger partial charge >= 0.3 is 0 Å². The van der Waals surface area contributed by atoms with E-state index >= 15 is 0 Å². The van der Waals surface area contributed by atoms with Gasteiger partial charge in [-0.05, 0) is 18.6 Å². The molecule has 0 unspecified atom stereocenters. The summed E-state index contributed by atoms with van der Waals surface area (Å²) in [4.78, 5) is 26.8. The first-order valence-corrected chi connectivity index (χ1v) is 6.45. The van der Waals surface area contributed by atoms with Crippen LogP contribution < -0.4 is 16.4 Å². The summed E-state index contributed by atoms with van der Waals surface area (Å²) >= 11 is 0. The van der Waals surface area contributed by atoms with Gasteiger partial charge in [0.25, 0.3) is 5.91 Å². The van der Waals surface area contributed by atoms with E-state index in [1.54, 1.807) is 6.07 Å². The van der Waals surface area contributed by atoms with Crippen molar-refractivity contribution in [3.05, 3.63) is 29.6 Å². The molecule has 2 heterocycles. The second-order valence-electron chi connectivity index (χ2n) is 4.64. The zero-order valence-electron chi connectivity index (χ0n) is 11.3. The van der Waals surface area contributed by atoms with E-state index in [1.807, 2.05) is 6.92 Å². The first-order valence-electron chi connectivity index (χ1n) is 6.45. The Bertz CT molecular complexity index is 489. The van der Waals surface area contributed by atoms with Gasteiger partial charge in [-0.25, -0.2) is 0 Å². The van der Waals surface area contributed by atoms with Gasteiger partial charge in [-0.15, -0.1) is 0 Å². The third kappa shape index (κ3) is 3.52. The summed E-state index contributed by atoms with van der Waals surface area (Å²) in [6, 6.07) is 2.90. The molecule has 0 saturated carbocycles. The molecular weight excluding hydrogens is 260 g/mol. The van der Waals surface area contributed by atoms with Crippen molar-refractivity contribution in [3.63, 3.8) is 0 Å². The Morgan fingerprint density at radius 2 is 2.35 bits per heavy atom. The van der Waals surface area contributed by atoms with E-state index in [4.69, 9.17) is 10.5 Å². The fourth-order valence-electron chi connectivity index (χ4n) is 2.00. The topological polar surface area (TPSA) is 106 Å². The predicted octanol–water partition coefficient (Wildman–Crippen LogP) is -0.826. The molecule has 1 aliphatic rings. The molecule has 2 atom stereocenters. The lowest BCUT2D eigenvalue weighted by atomic mass is 10.1. The molecule has 20 heavy (non-hydrogen) atoms. The summed E-state index contributed by atoms with van der Waals surface area (Å²) in [6.45, 7) is 3.48. The molecule has 7 heteroatoms. The van der Waals surface area contributed by atoms with E-state index in [1.165, 1.54) is 12.3 Å². The van der Waals surface area contributed by atoms with Crippen molar-refractivity contribution in [2.24, 2.45) is 5.73 Å².